The molecule has 23 heavy (non-hydrogen) atoms. The summed E-state index contributed by atoms with van der Waals surface area (Å²) < 4.78 is 5.50. The number of carbonyl (C=O) groups excluding carboxylic acids is 1. The molecule has 1 aromatic carbocycles. The van der Waals surface area contributed by atoms with Crippen molar-refractivity contribution in [2.75, 3.05) is 37.7 Å². The number of rotatable bonds is 4. The first kappa shape index (κ1) is 15.3. The highest BCUT2D eigenvalue weighted by molar-refractivity contribution is 7.13. The predicted molar refractivity (Wildman–Crippen MR) is 87.6 cm³/mol. The highest BCUT2D eigenvalue weighted by atomic mass is 32.1. The van der Waals surface area contributed by atoms with Gasteiger partial charge < -0.3 is 14.5 Å². The normalized spacial score (nSPS) is 14.4. The molecule has 1 aliphatic heterocycles. The molecule has 0 spiro atoms. The van der Waals surface area contributed by atoms with Gasteiger partial charge in [0.2, 0.25) is 0 Å². The minimum Gasteiger partial charge on any atom is -0.482 e. The molecule has 2 aromatic rings. The smallest absolute Gasteiger partial charge is 0.260 e. The van der Waals surface area contributed by atoms with Crippen molar-refractivity contribution in [3.8, 4) is 11.8 Å². The van der Waals surface area contributed by atoms with Gasteiger partial charge in [-0.05, 0) is 12.1 Å². The molecular formula is C16H16N4O2S. The van der Waals surface area contributed by atoms with Gasteiger partial charge in [-0.25, -0.2) is 4.98 Å². The molecule has 0 atom stereocenters. The molecule has 0 unspecified atom stereocenters. The van der Waals surface area contributed by atoms with E-state index in [1.54, 1.807) is 46.7 Å². The second-order valence-corrected chi connectivity index (χ2v) is 5.95. The van der Waals surface area contributed by atoms with E-state index in [2.05, 4.69) is 16.0 Å². The van der Waals surface area contributed by atoms with Gasteiger partial charge >= 0.3 is 0 Å². The zero-order valence-electron chi connectivity index (χ0n) is 12.5. The molecule has 3 rings (SSSR count). The number of aromatic nitrogens is 1. The van der Waals surface area contributed by atoms with Crippen LogP contribution >= 0.6 is 11.3 Å². The van der Waals surface area contributed by atoms with Crippen LogP contribution in [0.25, 0.3) is 0 Å². The number of para-hydroxylation sites is 1. The van der Waals surface area contributed by atoms with Crippen LogP contribution in [0.4, 0.5) is 5.13 Å². The average Bonchev–Trinajstić information content (AvgIpc) is 3.14. The molecule has 2 heterocycles. The van der Waals surface area contributed by atoms with Crippen molar-refractivity contribution in [1.29, 1.82) is 5.26 Å². The summed E-state index contributed by atoms with van der Waals surface area (Å²) in [6.45, 7) is 2.81. The van der Waals surface area contributed by atoms with E-state index in [4.69, 9.17) is 10.00 Å². The molecule has 1 aromatic heterocycles. The Morgan fingerprint density at radius 1 is 1.30 bits per heavy atom. The van der Waals surface area contributed by atoms with Gasteiger partial charge in [-0.2, -0.15) is 5.26 Å². The first-order valence-corrected chi connectivity index (χ1v) is 8.20. The van der Waals surface area contributed by atoms with E-state index >= 15 is 0 Å². The van der Waals surface area contributed by atoms with Gasteiger partial charge in [-0.15, -0.1) is 11.3 Å². The molecule has 6 nitrogen and oxygen atoms in total. The van der Waals surface area contributed by atoms with Crippen LogP contribution in [0, 0.1) is 11.3 Å². The fraction of sp³-hybridized carbons (Fsp3) is 0.312. The van der Waals surface area contributed by atoms with Gasteiger partial charge in [0, 0.05) is 37.8 Å². The molecule has 118 valence electrons. The Labute approximate surface area is 138 Å². The maximum Gasteiger partial charge on any atom is 0.260 e. The third kappa shape index (κ3) is 3.60. The van der Waals surface area contributed by atoms with Crippen LogP contribution in [0.5, 0.6) is 5.75 Å². The van der Waals surface area contributed by atoms with Crippen molar-refractivity contribution in [3.63, 3.8) is 0 Å². The summed E-state index contributed by atoms with van der Waals surface area (Å²) in [5.41, 5.74) is 0.439. The van der Waals surface area contributed by atoms with Gasteiger partial charge in [0.05, 0.1) is 5.56 Å². The SMILES string of the molecule is N#Cc1ccccc1OCC(=O)N1CCN(c2nccs2)CC1. The quantitative estimate of drug-likeness (QED) is 0.855. The Kier molecular flexibility index (Phi) is 4.74. The van der Waals surface area contributed by atoms with Gasteiger partial charge in [0.15, 0.2) is 11.7 Å². The Morgan fingerprint density at radius 2 is 2.09 bits per heavy atom. The Morgan fingerprint density at radius 3 is 2.78 bits per heavy atom. The van der Waals surface area contributed by atoms with Gasteiger partial charge in [0.25, 0.3) is 5.91 Å². The topological polar surface area (TPSA) is 69.5 Å². The summed E-state index contributed by atoms with van der Waals surface area (Å²) in [4.78, 5) is 20.5. The number of amides is 1. The van der Waals surface area contributed by atoms with Gasteiger partial charge in [-0.3, -0.25) is 4.79 Å². The number of carbonyl (C=O) groups is 1. The van der Waals surface area contributed by atoms with Crippen molar-refractivity contribution in [2.45, 2.75) is 0 Å². The number of nitriles is 1. The summed E-state index contributed by atoms with van der Waals surface area (Å²) in [5, 5.41) is 12.0. The molecule has 7 heteroatoms. The van der Waals surface area contributed by atoms with E-state index in [1.807, 2.05) is 5.38 Å². The molecule has 0 saturated carbocycles. The van der Waals surface area contributed by atoms with Crippen LogP contribution in [0.2, 0.25) is 0 Å². The standard InChI is InChI=1S/C16H16N4O2S/c17-11-13-3-1-2-4-14(13)22-12-15(21)19-6-8-20(9-7-19)16-18-5-10-23-16/h1-5,10H,6-9,12H2. The molecule has 1 fully saturated rings. The molecule has 0 aliphatic carbocycles. The fourth-order valence-corrected chi connectivity index (χ4v) is 3.13. The van der Waals surface area contributed by atoms with E-state index in [9.17, 15) is 4.79 Å². The van der Waals surface area contributed by atoms with Gasteiger partial charge in [0.1, 0.15) is 11.8 Å². The number of benzene rings is 1. The maximum atomic E-state index is 12.3. The minimum atomic E-state index is -0.0588. The lowest BCUT2D eigenvalue weighted by Crippen LogP contribution is -2.50. The fourth-order valence-electron chi connectivity index (χ4n) is 2.43. The second-order valence-electron chi connectivity index (χ2n) is 5.08. The number of thiazole rings is 1. The lowest BCUT2D eigenvalue weighted by molar-refractivity contribution is -0.133. The third-order valence-electron chi connectivity index (χ3n) is 3.68. The predicted octanol–water partition coefficient (Wildman–Crippen LogP) is 1.74. The van der Waals surface area contributed by atoms with E-state index in [-0.39, 0.29) is 12.5 Å². The van der Waals surface area contributed by atoms with Crippen molar-refractivity contribution >= 4 is 22.4 Å². The summed E-state index contributed by atoms with van der Waals surface area (Å²) in [7, 11) is 0. The molecule has 1 saturated heterocycles. The van der Waals surface area contributed by atoms with Crippen LogP contribution in [0.1, 0.15) is 5.56 Å². The third-order valence-corrected chi connectivity index (χ3v) is 4.51. The Hall–Kier alpha value is -2.59. The first-order chi connectivity index (χ1) is 11.3. The Balaban J connectivity index is 1.51. The monoisotopic (exact) mass is 328 g/mol. The lowest BCUT2D eigenvalue weighted by Gasteiger charge is -2.34. The highest BCUT2D eigenvalue weighted by Crippen LogP contribution is 2.19. The number of nitrogens with zero attached hydrogens (tertiary/aromatic N) is 4. The van der Waals surface area contributed by atoms with E-state index in [0.29, 0.717) is 24.4 Å². The van der Waals surface area contributed by atoms with E-state index < -0.39 is 0 Å². The largest absolute Gasteiger partial charge is 0.482 e. The maximum absolute atomic E-state index is 12.3. The van der Waals surface area contributed by atoms with Crippen molar-refractivity contribution < 1.29 is 9.53 Å². The van der Waals surface area contributed by atoms with E-state index in [0.717, 1.165) is 18.2 Å². The summed E-state index contributed by atoms with van der Waals surface area (Å²) >= 11 is 1.61. The summed E-state index contributed by atoms with van der Waals surface area (Å²) in [6, 6.07) is 8.99. The summed E-state index contributed by atoms with van der Waals surface area (Å²) in [6.07, 6.45) is 1.79. The van der Waals surface area contributed by atoms with Crippen LogP contribution < -0.4 is 9.64 Å². The molecular weight excluding hydrogens is 312 g/mol. The zero-order valence-corrected chi connectivity index (χ0v) is 13.3. The molecule has 0 bridgehead atoms. The molecule has 1 aliphatic rings. The molecule has 0 N–H and O–H groups in total. The minimum absolute atomic E-state index is 0.0457. The van der Waals surface area contributed by atoms with Crippen molar-refractivity contribution in [3.05, 3.63) is 41.4 Å². The van der Waals surface area contributed by atoms with Crippen LogP contribution in [0.3, 0.4) is 0 Å². The number of hydrogen-bond acceptors (Lipinski definition) is 6. The van der Waals surface area contributed by atoms with Crippen LogP contribution in [-0.4, -0.2) is 48.6 Å². The second kappa shape index (κ2) is 7.11. The van der Waals surface area contributed by atoms with Crippen LogP contribution in [-0.2, 0) is 4.79 Å². The zero-order chi connectivity index (χ0) is 16.1. The summed E-state index contributed by atoms with van der Waals surface area (Å²) in [5.74, 6) is 0.390. The van der Waals surface area contributed by atoms with Crippen molar-refractivity contribution in [2.24, 2.45) is 0 Å². The van der Waals surface area contributed by atoms with Crippen LogP contribution in [0.15, 0.2) is 35.8 Å². The molecule has 1 amide bonds. The van der Waals surface area contributed by atoms with Gasteiger partial charge in [-0.1, -0.05) is 12.1 Å². The Bertz CT molecular complexity index is 703. The number of piperazine rings is 1. The number of hydrogen-bond donors (Lipinski definition) is 0. The first-order valence-electron chi connectivity index (χ1n) is 7.32. The highest BCUT2D eigenvalue weighted by Gasteiger charge is 2.22. The number of anilines is 1. The van der Waals surface area contributed by atoms with E-state index in [1.165, 1.54) is 0 Å². The molecule has 0 radical (unpaired) electrons. The lowest BCUT2D eigenvalue weighted by atomic mass is 10.2. The van der Waals surface area contributed by atoms with Crippen molar-refractivity contribution in [1.82, 2.24) is 9.88 Å². The number of ether oxygens (including phenoxy) is 1. The average molecular weight is 328 g/mol.